The zero-order valence-corrected chi connectivity index (χ0v) is 16.1. The van der Waals surface area contributed by atoms with E-state index in [0.717, 1.165) is 0 Å². The van der Waals surface area contributed by atoms with Gasteiger partial charge in [-0.25, -0.2) is 0 Å². The number of fused-ring (bicyclic) bond motifs is 2. The van der Waals surface area contributed by atoms with E-state index in [4.69, 9.17) is 0 Å². The topological polar surface area (TPSA) is 25.8 Å². The van der Waals surface area contributed by atoms with Crippen LogP contribution >= 0.6 is 22.7 Å². The van der Waals surface area contributed by atoms with E-state index in [1.54, 1.807) is 0 Å². The zero-order chi connectivity index (χ0) is 17.7. The molecule has 4 heteroatoms. The highest BCUT2D eigenvalue weighted by molar-refractivity contribution is 7.21. The summed E-state index contributed by atoms with van der Waals surface area (Å²) in [5.41, 5.74) is 4.97. The van der Waals surface area contributed by atoms with Crippen molar-refractivity contribution in [3.63, 3.8) is 0 Å². The van der Waals surface area contributed by atoms with Gasteiger partial charge in [0.25, 0.3) is 0 Å². The first-order valence-corrected chi connectivity index (χ1v) is 10.1. The summed E-state index contributed by atoms with van der Waals surface area (Å²) in [4.78, 5) is 11.4. The monoisotopic (exact) mass is 372 g/mol. The second kappa shape index (κ2) is 6.01. The highest BCUT2D eigenvalue weighted by Crippen LogP contribution is 2.48. The molecule has 0 N–H and O–H groups in total. The van der Waals surface area contributed by atoms with Crippen molar-refractivity contribution in [2.45, 2.75) is 13.8 Å². The summed E-state index contributed by atoms with van der Waals surface area (Å²) in [6.45, 7) is 4.37. The van der Waals surface area contributed by atoms with Crippen molar-refractivity contribution >= 4 is 42.8 Å². The smallest absolute Gasteiger partial charge is 0.0437 e. The lowest BCUT2D eigenvalue weighted by Crippen LogP contribution is -1.86. The lowest BCUT2D eigenvalue weighted by Gasteiger charge is -2.11. The Labute approximate surface area is 159 Å². The molecule has 0 aliphatic heterocycles. The maximum Gasteiger partial charge on any atom is 0.0437 e. The molecule has 2 nitrogen and oxygen atoms in total. The van der Waals surface area contributed by atoms with Crippen LogP contribution in [0.5, 0.6) is 0 Å². The third-order valence-corrected chi connectivity index (χ3v) is 6.74. The second-order valence-corrected chi connectivity index (χ2v) is 8.95. The van der Waals surface area contributed by atoms with Crippen LogP contribution in [0.4, 0.5) is 0 Å². The van der Waals surface area contributed by atoms with Gasteiger partial charge in [0.1, 0.15) is 0 Å². The molecule has 0 unspecified atom stereocenters. The number of aromatic nitrogens is 2. The maximum absolute atomic E-state index is 4.37. The Morgan fingerprint density at radius 2 is 1.15 bits per heavy atom. The minimum atomic E-state index is 1.18. The van der Waals surface area contributed by atoms with E-state index >= 15 is 0 Å². The maximum atomic E-state index is 4.37. The average molecular weight is 373 g/mol. The van der Waals surface area contributed by atoms with Gasteiger partial charge in [0.15, 0.2) is 0 Å². The highest BCUT2D eigenvalue weighted by Gasteiger charge is 2.20. The molecule has 0 radical (unpaired) electrons. The van der Waals surface area contributed by atoms with Crippen LogP contribution in [0.1, 0.15) is 9.75 Å². The molecule has 0 aliphatic rings. The van der Waals surface area contributed by atoms with Crippen LogP contribution in [0.2, 0.25) is 0 Å². The Hall–Kier alpha value is -2.56. The van der Waals surface area contributed by atoms with E-state index in [1.165, 1.54) is 52.2 Å². The first kappa shape index (κ1) is 15.7. The molecule has 26 heavy (non-hydrogen) atoms. The van der Waals surface area contributed by atoms with E-state index in [0.29, 0.717) is 0 Å². The van der Waals surface area contributed by atoms with Gasteiger partial charge in [0, 0.05) is 77.0 Å². The number of pyridine rings is 2. The molecule has 0 atom stereocenters. The van der Waals surface area contributed by atoms with Crippen molar-refractivity contribution in [2.24, 2.45) is 0 Å². The minimum absolute atomic E-state index is 1.18. The van der Waals surface area contributed by atoms with E-state index in [1.807, 2.05) is 59.6 Å². The van der Waals surface area contributed by atoms with Crippen LogP contribution in [-0.4, -0.2) is 9.97 Å². The SMILES string of the molecule is Cc1cc2c(-c3cccnc3)c3sc(C)cc3c(-c3cccnc3)c2s1. The summed E-state index contributed by atoms with van der Waals surface area (Å²) in [5, 5.41) is 2.63. The minimum Gasteiger partial charge on any atom is -0.264 e. The molecule has 0 aliphatic carbocycles. The Balaban J connectivity index is 2.01. The van der Waals surface area contributed by atoms with Crippen LogP contribution in [-0.2, 0) is 0 Å². The standard InChI is InChI=1S/C22H16N2S2/c1-13-9-17-19(15-5-3-7-23-11-15)22-18(10-14(2)26-22)20(21(17)25-13)16-6-4-8-24-12-16/h3-12H,1-2H3. The zero-order valence-electron chi connectivity index (χ0n) is 14.5. The fourth-order valence-electron chi connectivity index (χ4n) is 3.61. The molecule has 5 aromatic rings. The normalized spacial score (nSPS) is 11.5. The average Bonchev–Trinajstić information content (AvgIpc) is 3.22. The predicted octanol–water partition coefficient (Wildman–Crippen LogP) is 6.86. The molecular weight excluding hydrogens is 356 g/mol. The van der Waals surface area contributed by atoms with E-state index < -0.39 is 0 Å². The molecule has 0 saturated heterocycles. The Bertz CT molecular complexity index is 1080. The molecule has 0 amide bonds. The number of aryl methyl sites for hydroxylation is 2. The molecule has 0 bridgehead atoms. The van der Waals surface area contributed by atoms with Crippen molar-refractivity contribution in [3.8, 4) is 22.3 Å². The van der Waals surface area contributed by atoms with Crippen LogP contribution in [0.25, 0.3) is 42.4 Å². The van der Waals surface area contributed by atoms with Crippen molar-refractivity contribution < 1.29 is 0 Å². The number of rotatable bonds is 2. The molecule has 4 aromatic heterocycles. The Kier molecular flexibility index (Phi) is 3.62. The van der Waals surface area contributed by atoms with Crippen LogP contribution in [0, 0.1) is 13.8 Å². The molecule has 4 heterocycles. The first-order chi connectivity index (χ1) is 12.7. The summed E-state index contributed by atoms with van der Waals surface area (Å²) in [6.07, 6.45) is 7.61. The van der Waals surface area contributed by atoms with Gasteiger partial charge in [-0.05, 0) is 38.1 Å². The van der Waals surface area contributed by atoms with Crippen LogP contribution < -0.4 is 0 Å². The van der Waals surface area contributed by atoms with Gasteiger partial charge in [0.2, 0.25) is 0 Å². The lowest BCUT2D eigenvalue weighted by molar-refractivity contribution is 1.33. The number of benzene rings is 1. The van der Waals surface area contributed by atoms with Gasteiger partial charge in [-0.3, -0.25) is 9.97 Å². The number of nitrogens with zero attached hydrogens (tertiary/aromatic N) is 2. The lowest BCUT2D eigenvalue weighted by atomic mass is 9.95. The number of hydrogen-bond acceptors (Lipinski definition) is 4. The quantitative estimate of drug-likeness (QED) is 0.338. The summed E-state index contributed by atoms with van der Waals surface area (Å²) in [6, 6.07) is 13.0. The van der Waals surface area contributed by atoms with Crippen LogP contribution in [0.15, 0.2) is 61.2 Å². The summed E-state index contributed by atoms with van der Waals surface area (Å²) in [5.74, 6) is 0. The van der Waals surface area contributed by atoms with E-state index in [2.05, 4.69) is 48.1 Å². The summed E-state index contributed by atoms with van der Waals surface area (Å²) < 4.78 is 2.67. The highest BCUT2D eigenvalue weighted by atomic mass is 32.1. The molecule has 0 saturated carbocycles. The third-order valence-electron chi connectivity index (χ3n) is 4.60. The second-order valence-electron chi connectivity index (χ2n) is 6.43. The molecule has 0 spiro atoms. The van der Waals surface area contributed by atoms with Gasteiger partial charge >= 0.3 is 0 Å². The van der Waals surface area contributed by atoms with Crippen molar-refractivity contribution in [1.29, 1.82) is 0 Å². The largest absolute Gasteiger partial charge is 0.264 e. The fraction of sp³-hybridized carbons (Fsp3) is 0.0909. The van der Waals surface area contributed by atoms with Crippen molar-refractivity contribution in [3.05, 3.63) is 70.9 Å². The molecule has 1 aromatic carbocycles. The number of thiophene rings is 2. The van der Waals surface area contributed by atoms with E-state index in [-0.39, 0.29) is 0 Å². The predicted molar refractivity (Wildman–Crippen MR) is 113 cm³/mol. The molecule has 126 valence electrons. The van der Waals surface area contributed by atoms with E-state index in [9.17, 15) is 0 Å². The van der Waals surface area contributed by atoms with Crippen molar-refractivity contribution in [2.75, 3.05) is 0 Å². The third kappa shape index (κ3) is 2.37. The van der Waals surface area contributed by atoms with Gasteiger partial charge in [-0.15, -0.1) is 22.7 Å². The molecule has 0 fully saturated rings. The van der Waals surface area contributed by atoms with Gasteiger partial charge in [0.05, 0.1) is 0 Å². The molecular formula is C22H16N2S2. The van der Waals surface area contributed by atoms with Crippen LogP contribution in [0.3, 0.4) is 0 Å². The summed E-state index contributed by atoms with van der Waals surface area (Å²) in [7, 11) is 0. The van der Waals surface area contributed by atoms with Gasteiger partial charge < -0.3 is 0 Å². The Morgan fingerprint density at radius 3 is 1.54 bits per heavy atom. The number of hydrogen-bond donors (Lipinski definition) is 0. The fourth-order valence-corrected chi connectivity index (χ4v) is 5.81. The summed E-state index contributed by atoms with van der Waals surface area (Å²) >= 11 is 3.73. The van der Waals surface area contributed by atoms with Crippen molar-refractivity contribution in [1.82, 2.24) is 9.97 Å². The first-order valence-electron chi connectivity index (χ1n) is 8.49. The van der Waals surface area contributed by atoms with Gasteiger partial charge in [-0.2, -0.15) is 0 Å². The van der Waals surface area contributed by atoms with Gasteiger partial charge in [-0.1, -0.05) is 12.1 Å². The molecule has 5 rings (SSSR count). The Morgan fingerprint density at radius 1 is 0.692 bits per heavy atom.